The third-order valence-electron chi connectivity index (χ3n) is 4.88. The molecule has 0 saturated carbocycles. The van der Waals surface area contributed by atoms with Gasteiger partial charge in [-0.2, -0.15) is 0 Å². The van der Waals surface area contributed by atoms with Gasteiger partial charge in [-0.25, -0.2) is 0 Å². The van der Waals surface area contributed by atoms with E-state index in [0.717, 1.165) is 24.9 Å². The molecule has 2 heteroatoms. The first-order chi connectivity index (χ1) is 9.60. The Morgan fingerprint density at radius 1 is 1.20 bits per heavy atom. The Morgan fingerprint density at radius 3 is 2.50 bits per heavy atom. The second kappa shape index (κ2) is 7.24. The zero-order valence-corrected chi connectivity index (χ0v) is 13.5. The summed E-state index contributed by atoms with van der Waals surface area (Å²) in [4.78, 5) is 2.61. The van der Waals surface area contributed by atoms with E-state index in [9.17, 15) is 0 Å². The summed E-state index contributed by atoms with van der Waals surface area (Å²) in [5.74, 6) is 2.31. The minimum Gasteiger partial charge on any atom is -0.319 e. The first-order valence-corrected chi connectivity index (χ1v) is 8.06. The van der Waals surface area contributed by atoms with Gasteiger partial charge < -0.3 is 5.32 Å². The molecule has 0 amide bonds. The molecule has 2 rings (SSSR count). The molecule has 0 radical (unpaired) electrons. The summed E-state index contributed by atoms with van der Waals surface area (Å²) in [5.41, 5.74) is 2.89. The van der Waals surface area contributed by atoms with Crippen molar-refractivity contribution >= 4 is 0 Å². The van der Waals surface area contributed by atoms with Crippen molar-refractivity contribution in [2.24, 2.45) is 11.8 Å². The highest BCUT2D eigenvalue weighted by Gasteiger charge is 2.22. The van der Waals surface area contributed by atoms with Crippen LogP contribution in [-0.4, -0.2) is 31.6 Å². The van der Waals surface area contributed by atoms with Crippen LogP contribution in [0, 0.1) is 11.8 Å². The van der Waals surface area contributed by atoms with Crippen LogP contribution in [-0.2, 0) is 6.54 Å². The summed E-state index contributed by atoms with van der Waals surface area (Å²) in [5, 5.41) is 3.25. The highest BCUT2D eigenvalue weighted by Crippen LogP contribution is 2.24. The van der Waals surface area contributed by atoms with Crippen molar-refractivity contribution in [3.8, 4) is 0 Å². The summed E-state index contributed by atoms with van der Waals surface area (Å²) in [6.07, 6.45) is 1.35. The fourth-order valence-corrected chi connectivity index (χ4v) is 3.13. The fraction of sp³-hybridized carbons (Fsp3) is 0.667. The molecule has 1 fully saturated rings. The summed E-state index contributed by atoms with van der Waals surface area (Å²) in [7, 11) is 2.02. The Bertz CT molecular complexity index is 398. The van der Waals surface area contributed by atoms with Crippen LogP contribution >= 0.6 is 0 Å². The highest BCUT2D eigenvalue weighted by atomic mass is 15.1. The minimum atomic E-state index is 0.588. The standard InChI is InChI=1S/C18H30N2/c1-14-9-10-20(12-16(14)3)13-17-5-7-18(8-6-17)15(2)11-19-4/h5-8,14-16,19H,9-13H2,1-4H3. The first-order valence-electron chi connectivity index (χ1n) is 8.06. The SMILES string of the molecule is CNCC(C)c1ccc(CN2CCC(C)C(C)C2)cc1. The Kier molecular flexibility index (Phi) is 5.62. The van der Waals surface area contributed by atoms with Crippen LogP contribution in [0.25, 0.3) is 0 Å². The average Bonchev–Trinajstić information content (AvgIpc) is 2.44. The van der Waals surface area contributed by atoms with Crippen LogP contribution in [0.2, 0.25) is 0 Å². The zero-order chi connectivity index (χ0) is 14.5. The molecule has 1 N–H and O–H groups in total. The highest BCUT2D eigenvalue weighted by molar-refractivity contribution is 5.25. The van der Waals surface area contributed by atoms with Crippen LogP contribution in [0.5, 0.6) is 0 Å². The molecule has 0 bridgehead atoms. The number of benzene rings is 1. The predicted octanol–water partition coefficient (Wildman–Crippen LogP) is 3.49. The molecule has 3 atom stereocenters. The first kappa shape index (κ1) is 15.5. The monoisotopic (exact) mass is 274 g/mol. The van der Waals surface area contributed by atoms with Gasteiger partial charge in [0.1, 0.15) is 0 Å². The van der Waals surface area contributed by atoms with Crippen molar-refractivity contribution in [3.05, 3.63) is 35.4 Å². The normalized spacial score (nSPS) is 25.6. The summed E-state index contributed by atoms with van der Waals surface area (Å²) in [6, 6.07) is 9.22. The molecule has 0 aromatic heterocycles. The van der Waals surface area contributed by atoms with Gasteiger partial charge in [-0.1, -0.05) is 45.0 Å². The Morgan fingerprint density at radius 2 is 1.90 bits per heavy atom. The summed E-state index contributed by atoms with van der Waals surface area (Å²) < 4.78 is 0. The molecule has 1 aliphatic heterocycles. The number of likely N-dealkylation sites (tertiary alicyclic amines) is 1. The lowest BCUT2D eigenvalue weighted by molar-refractivity contribution is 0.132. The molecule has 1 aromatic carbocycles. The maximum atomic E-state index is 3.25. The molecule has 0 spiro atoms. The number of piperidine rings is 1. The van der Waals surface area contributed by atoms with Crippen LogP contribution in [0.3, 0.4) is 0 Å². The van der Waals surface area contributed by atoms with Gasteiger partial charge in [-0.15, -0.1) is 0 Å². The van der Waals surface area contributed by atoms with E-state index >= 15 is 0 Å². The number of nitrogens with zero attached hydrogens (tertiary/aromatic N) is 1. The van der Waals surface area contributed by atoms with Crippen molar-refractivity contribution in [3.63, 3.8) is 0 Å². The lowest BCUT2D eigenvalue weighted by atomic mass is 9.88. The summed E-state index contributed by atoms with van der Waals surface area (Å²) in [6.45, 7) is 11.7. The van der Waals surface area contributed by atoms with E-state index in [0.29, 0.717) is 5.92 Å². The molecular weight excluding hydrogens is 244 g/mol. The van der Waals surface area contributed by atoms with Crippen molar-refractivity contribution in [2.45, 2.75) is 39.7 Å². The molecule has 0 aliphatic carbocycles. The largest absolute Gasteiger partial charge is 0.319 e. The van der Waals surface area contributed by atoms with E-state index in [-0.39, 0.29) is 0 Å². The van der Waals surface area contributed by atoms with Crippen LogP contribution in [0.4, 0.5) is 0 Å². The lowest BCUT2D eigenvalue weighted by Gasteiger charge is -2.35. The average molecular weight is 274 g/mol. The fourth-order valence-electron chi connectivity index (χ4n) is 3.13. The second-order valence-corrected chi connectivity index (χ2v) is 6.68. The quantitative estimate of drug-likeness (QED) is 0.884. The molecular formula is C18H30N2. The second-order valence-electron chi connectivity index (χ2n) is 6.68. The Labute approximate surface area is 124 Å². The number of hydrogen-bond donors (Lipinski definition) is 1. The molecule has 1 aliphatic rings. The zero-order valence-electron chi connectivity index (χ0n) is 13.5. The maximum Gasteiger partial charge on any atom is 0.0233 e. The predicted molar refractivity (Wildman–Crippen MR) is 87.0 cm³/mol. The van der Waals surface area contributed by atoms with Gasteiger partial charge in [0.15, 0.2) is 0 Å². The molecule has 3 unspecified atom stereocenters. The summed E-state index contributed by atoms with van der Waals surface area (Å²) >= 11 is 0. The van der Waals surface area contributed by atoms with Gasteiger partial charge >= 0.3 is 0 Å². The van der Waals surface area contributed by atoms with Crippen molar-refractivity contribution in [2.75, 3.05) is 26.7 Å². The third-order valence-corrected chi connectivity index (χ3v) is 4.88. The van der Waals surface area contributed by atoms with E-state index < -0.39 is 0 Å². The van der Waals surface area contributed by atoms with Gasteiger partial charge in [0.2, 0.25) is 0 Å². The van der Waals surface area contributed by atoms with Crippen molar-refractivity contribution in [1.29, 1.82) is 0 Å². The van der Waals surface area contributed by atoms with E-state index in [2.05, 4.69) is 55.3 Å². The topological polar surface area (TPSA) is 15.3 Å². The number of hydrogen-bond acceptors (Lipinski definition) is 2. The Hall–Kier alpha value is -0.860. The van der Waals surface area contributed by atoms with E-state index in [1.54, 1.807) is 0 Å². The van der Waals surface area contributed by atoms with Crippen LogP contribution in [0.1, 0.15) is 44.2 Å². The maximum absolute atomic E-state index is 3.25. The number of nitrogens with one attached hydrogen (secondary N) is 1. The smallest absolute Gasteiger partial charge is 0.0233 e. The van der Waals surface area contributed by atoms with E-state index in [1.807, 2.05) is 7.05 Å². The van der Waals surface area contributed by atoms with Crippen LogP contribution in [0.15, 0.2) is 24.3 Å². The Balaban J connectivity index is 1.90. The van der Waals surface area contributed by atoms with Gasteiger partial charge in [-0.3, -0.25) is 4.90 Å². The van der Waals surface area contributed by atoms with Gasteiger partial charge in [0, 0.05) is 19.6 Å². The molecule has 112 valence electrons. The number of likely N-dealkylation sites (N-methyl/N-ethyl adjacent to an activating group) is 1. The van der Waals surface area contributed by atoms with Crippen molar-refractivity contribution < 1.29 is 0 Å². The van der Waals surface area contributed by atoms with E-state index in [1.165, 1.54) is 30.6 Å². The third kappa shape index (κ3) is 4.07. The molecule has 2 nitrogen and oxygen atoms in total. The lowest BCUT2D eigenvalue weighted by Crippen LogP contribution is -2.37. The number of rotatable bonds is 5. The molecule has 1 heterocycles. The minimum absolute atomic E-state index is 0.588. The van der Waals surface area contributed by atoms with E-state index in [4.69, 9.17) is 0 Å². The van der Waals surface area contributed by atoms with Gasteiger partial charge in [0.25, 0.3) is 0 Å². The van der Waals surface area contributed by atoms with Crippen molar-refractivity contribution in [1.82, 2.24) is 10.2 Å². The van der Waals surface area contributed by atoms with Crippen LogP contribution < -0.4 is 5.32 Å². The molecule has 1 aromatic rings. The molecule has 1 saturated heterocycles. The van der Waals surface area contributed by atoms with Gasteiger partial charge in [0.05, 0.1) is 0 Å². The van der Waals surface area contributed by atoms with Gasteiger partial charge in [-0.05, 0) is 48.9 Å². The molecule has 20 heavy (non-hydrogen) atoms.